The first-order valence-electron chi connectivity index (χ1n) is 5.36. The minimum absolute atomic E-state index is 0.115. The minimum Gasteiger partial charge on any atom is -0.481 e. The fraction of sp³-hybridized carbons (Fsp3) is 0.333. The van der Waals surface area contributed by atoms with E-state index >= 15 is 0 Å². The molecule has 0 radical (unpaired) electrons. The first-order chi connectivity index (χ1) is 8.09. The van der Waals surface area contributed by atoms with Gasteiger partial charge in [-0.3, -0.25) is 14.9 Å². The topological polar surface area (TPSA) is 86.6 Å². The Morgan fingerprint density at radius 1 is 1.12 bits per heavy atom. The van der Waals surface area contributed by atoms with Gasteiger partial charge in [-0.25, -0.2) is 0 Å². The van der Waals surface area contributed by atoms with Crippen molar-refractivity contribution in [1.29, 1.82) is 0 Å². The first-order valence-corrected chi connectivity index (χ1v) is 5.36. The molecular weight excluding hydrogens is 222 g/mol. The van der Waals surface area contributed by atoms with Crippen LogP contribution in [0.5, 0.6) is 0 Å². The molecule has 0 aliphatic carbocycles. The van der Waals surface area contributed by atoms with Crippen LogP contribution in [0.3, 0.4) is 0 Å². The van der Waals surface area contributed by atoms with Crippen LogP contribution in [-0.2, 0) is 9.59 Å². The smallest absolute Gasteiger partial charge is 0.320 e. The molecule has 3 N–H and O–H groups in total. The Bertz CT molecular complexity index is 431. The quantitative estimate of drug-likeness (QED) is 0.723. The molecule has 5 nitrogen and oxygen atoms in total. The first kappa shape index (κ1) is 11.6. The zero-order valence-corrected chi connectivity index (χ0v) is 9.04. The molecule has 1 heterocycles. The normalized spacial score (nSPS) is 27.9. The molecule has 0 aromatic heterocycles. The Hall–Kier alpha value is -1.88. The number of aliphatic carboxylic acids is 2. The van der Waals surface area contributed by atoms with Crippen molar-refractivity contribution in [1.82, 2.24) is 5.32 Å². The van der Waals surface area contributed by atoms with Crippen LogP contribution in [-0.4, -0.2) is 28.2 Å². The lowest BCUT2D eigenvalue weighted by atomic mass is 9.94. The maximum Gasteiger partial charge on any atom is 0.320 e. The van der Waals surface area contributed by atoms with Crippen molar-refractivity contribution in [3.63, 3.8) is 0 Å². The van der Waals surface area contributed by atoms with E-state index in [1.165, 1.54) is 0 Å². The molecule has 0 bridgehead atoms. The Kier molecular flexibility index (Phi) is 3.10. The largest absolute Gasteiger partial charge is 0.481 e. The van der Waals surface area contributed by atoms with Crippen molar-refractivity contribution in [3.8, 4) is 0 Å². The predicted octanol–water partition coefficient (Wildman–Crippen LogP) is 0.875. The zero-order valence-electron chi connectivity index (χ0n) is 9.04. The van der Waals surface area contributed by atoms with Gasteiger partial charge < -0.3 is 10.2 Å². The third-order valence-electron chi connectivity index (χ3n) is 3.05. The van der Waals surface area contributed by atoms with Gasteiger partial charge in [-0.05, 0) is 12.0 Å². The van der Waals surface area contributed by atoms with Gasteiger partial charge in [-0.1, -0.05) is 30.3 Å². The highest BCUT2D eigenvalue weighted by Gasteiger charge is 2.41. The van der Waals surface area contributed by atoms with E-state index in [1.807, 2.05) is 18.2 Å². The van der Waals surface area contributed by atoms with E-state index in [9.17, 15) is 9.59 Å². The summed E-state index contributed by atoms with van der Waals surface area (Å²) in [5.74, 6) is -2.66. The van der Waals surface area contributed by atoms with E-state index in [1.54, 1.807) is 12.1 Å². The fourth-order valence-electron chi connectivity index (χ4n) is 2.20. The highest BCUT2D eigenvalue weighted by atomic mass is 16.4. The molecule has 0 amide bonds. The van der Waals surface area contributed by atoms with Crippen molar-refractivity contribution < 1.29 is 19.8 Å². The summed E-state index contributed by atoms with van der Waals surface area (Å²) in [6.45, 7) is 0. The third kappa shape index (κ3) is 2.29. The predicted molar refractivity (Wildman–Crippen MR) is 59.5 cm³/mol. The molecule has 1 fully saturated rings. The van der Waals surface area contributed by atoms with Crippen molar-refractivity contribution in [2.75, 3.05) is 0 Å². The number of hydrogen-bond acceptors (Lipinski definition) is 3. The molecule has 2 rings (SSSR count). The molecule has 5 heteroatoms. The highest BCUT2D eigenvalue weighted by Crippen LogP contribution is 2.32. The molecule has 0 saturated carbocycles. The molecule has 17 heavy (non-hydrogen) atoms. The number of hydrogen-bond donors (Lipinski definition) is 3. The van der Waals surface area contributed by atoms with E-state index in [-0.39, 0.29) is 6.42 Å². The van der Waals surface area contributed by atoms with Gasteiger partial charge in [0.2, 0.25) is 0 Å². The minimum atomic E-state index is -1.00. The summed E-state index contributed by atoms with van der Waals surface area (Å²) in [5.41, 5.74) is 0.809. The van der Waals surface area contributed by atoms with Gasteiger partial charge in [-0.15, -0.1) is 0 Å². The van der Waals surface area contributed by atoms with Crippen LogP contribution in [0.1, 0.15) is 18.0 Å². The number of carboxylic acids is 2. The second-order valence-corrected chi connectivity index (χ2v) is 4.13. The second kappa shape index (κ2) is 4.55. The molecule has 3 unspecified atom stereocenters. The summed E-state index contributed by atoms with van der Waals surface area (Å²) in [4.78, 5) is 22.0. The Morgan fingerprint density at radius 3 is 2.29 bits per heavy atom. The molecule has 90 valence electrons. The third-order valence-corrected chi connectivity index (χ3v) is 3.05. The summed E-state index contributed by atoms with van der Waals surface area (Å²) in [5, 5.41) is 20.9. The number of rotatable bonds is 3. The van der Waals surface area contributed by atoms with Crippen molar-refractivity contribution >= 4 is 11.9 Å². The van der Waals surface area contributed by atoms with E-state index in [0.29, 0.717) is 0 Å². The summed E-state index contributed by atoms with van der Waals surface area (Å²) in [6.07, 6.45) is 0.115. The van der Waals surface area contributed by atoms with E-state index < -0.39 is 29.9 Å². The molecule has 1 aromatic carbocycles. The van der Waals surface area contributed by atoms with Crippen LogP contribution in [0.4, 0.5) is 0 Å². The van der Waals surface area contributed by atoms with Crippen LogP contribution >= 0.6 is 0 Å². The number of carboxylic acid groups (broad SMARTS) is 2. The van der Waals surface area contributed by atoms with Gasteiger partial charge in [0.1, 0.15) is 6.04 Å². The number of benzene rings is 1. The van der Waals surface area contributed by atoms with Crippen LogP contribution in [0.2, 0.25) is 0 Å². The SMILES string of the molecule is O=C(O)C1CC(C(=O)O)C(c2ccccc2)N1. The van der Waals surface area contributed by atoms with Gasteiger partial charge in [0.05, 0.1) is 5.92 Å². The highest BCUT2D eigenvalue weighted by molar-refractivity contribution is 5.78. The van der Waals surface area contributed by atoms with E-state index in [0.717, 1.165) is 5.56 Å². The molecule has 3 atom stereocenters. The van der Waals surface area contributed by atoms with Gasteiger partial charge >= 0.3 is 11.9 Å². The molecular formula is C12H13NO4. The summed E-state index contributed by atoms with van der Waals surface area (Å²) in [6, 6.07) is 7.84. The Morgan fingerprint density at radius 2 is 1.76 bits per heavy atom. The lowest BCUT2D eigenvalue weighted by molar-refractivity contribution is -0.142. The summed E-state index contributed by atoms with van der Waals surface area (Å²) in [7, 11) is 0. The van der Waals surface area contributed by atoms with Crippen molar-refractivity contribution in [2.45, 2.75) is 18.5 Å². The second-order valence-electron chi connectivity index (χ2n) is 4.13. The fourth-order valence-corrected chi connectivity index (χ4v) is 2.20. The Balaban J connectivity index is 2.26. The lowest BCUT2D eigenvalue weighted by Crippen LogP contribution is -2.32. The molecule has 1 aromatic rings. The Labute approximate surface area is 98.1 Å². The molecule has 0 spiro atoms. The van der Waals surface area contributed by atoms with Crippen LogP contribution in [0, 0.1) is 5.92 Å². The lowest BCUT2D eigenvalue weighted by Gasteiger charge is -2.16. The molecule has 1 aliphatic rings. The van der Waals surface area contributed by atoms with Crippen LogP contribution in [0.15, 0.2) is 30.3 Å². The van der Waals surface area contributed by atoms with Crippen LogP contribution in [0.25, 0.3) is 0 Å². The number of carbonyl (C=O) groups is 2. The average Bonchev–Trinajstić information content (AvgIpc) is 2.75. The van der Waals surface area contributed by atoms with E-state index in [4.69, 9.17) is 10.2 Å². The van der Waals surface area contributed by atoms with Gasteiger partial charge in [0.25, 0.3) is 0 Å². The number of nitrogens with one attached hydrogen (secondary N) is 1. The zero-order chi connectivity index (χ0) is 12.4. The van der Waals surface area contributed by atoms with Gasteiger partial charge in [-0.2, -0.15) is 0 Å². The monoisotopic (exact) mass is 235 g/mol. The van der Waals surface area contributed by atoms with Crippen LogP contribution < -0.4 is 5.32 Å². The van der Waals surface area contributed by atoms with Crippen molar-refractivity contribution in [2.24, 2.45) is 5.92 Å². The van der Waals surface area contributed by atoms with Gasteiger partial charge in [0, 0.05) is 6.04 Å². The van der Waals surface area contributed by atoms with Crippen molar-refractivity contribution in [3.05, 3.63) is 35.9 Å². The molecule has 1 saturated heterocycles. The maximum atomic E-state index is 11.1. The standard InChI is InChI=1S/C12H13NO4/c14-11(15)8-6-9(12(16)17)13-10(8)7-4-2-1-3-5-7/h1-5,8-10,13H,6H2,(H,14,15)(H,16,17). The maximum absolute atomic E-state index is 11.1. The summed E-state index contributed by atoms with van der Waals surface area (Å²) < 4.78 is 0. The summed E-state index contributed by atoms with van der Waals surface area (Å²) >= 11 is 0. The van der Waals surface area contributed by atoms with Gasteiger partial charge in [0.15, 0.2) is 0 Å². The average molecular weight is 235 g/mol. The van der Waals surface area contributed by atoms with E-state index in [2.05, 4.69) is 5.32 Å². The molecule has 1 aliphatic heterocycles.